The van der Waals surface area contributed by atoms with Crippen molar-refractivity contribution in [2.24, 2.45) is 5.92 Å². The van der Waals surface area contributed by atoms with E-state index in [0.717, 1.165) is 11.8 Å². The number of nitrogens with zero attached hydrogens (tertiary/aromatic N) is 1. The van der Waals surface area contributed by atoms with Crippen molar-refractivity contribution in [1.82, 2.24) is 5.32 Å². The van der Waals surface area contributed by atoms with Gasteiger partial charge in [0.25, 0.3) is 0 Å². The zero-order chi connectivity index (χ0) is 22.1. The summed E-state index contributed by atoms with van der Waals surface area (Å²) < 4.78 is 15.7. The number of carbonyl (C=O) groups excluding carboxylic acids is 3. The molecule has 0 saturated heterocycles. The van der Waals surface area contributed by atoms with Gasteiger partial charge in [0.1, 0.15) is 11.7 Å². The molecule has 1 aromatic carbocycles. The van der Waals surface area contributed by atoms with Gasteiger partial charge in [-0.2, -0.15) is 5.26 Å². The Morgan fingerprint density at radius 3 is 2.47 bits per heavy atom. The minimum absolute atomic E-state index is 0.0848. The molecule has 0 unspecified atom stereocenters. The lowest BCUT2D eigenvalue weighted by Gasteiger charge is -2.31. The Morgan fingerprint density at radius 1 is 1.13 bits per heavy atom. The topological polar surface area (TPSA) is 115 Å². The lowest BCUT2D eigenvalue weighted by molar-refractivity contribution is -0.153. The van der Waals surface area contributed by atoms with Gasteiger partial charge in [0.15, 0.2) is 0 Å². The van der Waals surface area contributed by atoms with Crippen LogP contribution < -0.4 is 10.1 Å². The summed E-state index contributed by atoms with van der Waals surface area (Å²) in [6.07, 6.45) is 0. The maximum Gasteiger partial charge on any atom is 0.319 e. The summed E-state index contributed by atoms with van der Waals surface area (Å²) in [6, 6.07) is 9.04. The third-order valence-corrected chi connectivity index (χ3v) is 5.25. The molecular weight excluding hydrogens is 408 g/mol. The number of nitrogens with one attached hydrogen (secondary N) is 1. The molecule has 0 spiro atoms. The summed E-state index contributed by atoms with van der Waals surface area (Å²) >= 11 is 0.984. The molecule has 30 heavy (non-hydrogen) atoms. The molecule has 0 aromatic heterocycles. The van der Waals surface area contributed by atoms with Gasteiger partial charge in [0.2, 0.25) is 5.91 Å². The smallest absolute Gasteiger partial charge is 0.319 e. The zero-order valence-corrected chi connectivity index (χ0v) is 17.9. The number of rotatable bonds is 9. The minimum Gasteiger partial charge on any atom is -0.494 e. The number of para-hydroxylation sites is 1. The number of nitriles is 1. The van der Waals surface area contributed by atoms with E-state index in [1.54, 1.807) is 38.1 Å². The van der Waals surface area contributed by atoms with Crippen molar-refractivity contribution in [2.45, 2.75) is 26.7 Å². The summed E-state index contributed by atoms with van der Waals surface area (Å²) in [7, 11) is 0. The molecule has 0 fully saturated rings. The summed E-state index contributed by atoms with van der Waals surface area (Å²) in [5.74, 6) is -3.58. The molecule has 2 atom stereocenters. The van der Waals surface area contributed by atoms with E-state index in [1.165, 1.54) is 0 Å². The summed E-state index contributed by atoms with van der Waals surface area (Å²) in [6.45, 7) is 5.84. The summed E-state index contributed by atoms with van der Waals surface area (Å²) in [5.41, 5.74) is 0.687. The molecule has 8 nitrogen and oxygen atoms in total. The number of carbonyl (C=O) groups is 3. The predicted molar refractivity (Wildman–Crippen MR) is 110 cm³/mol. The highest BCUT2D eigenvalue weighted by Gasteiger charge is 2.45. The molecule has 1 heterocycles. The highest BCUT2D eigenvalue weighted by Crippen LogP contribution is 2.43. The molecule has 9 heteroatoms. The van der Waals surface area contributed by atoms with Crippen LogP contribution in [0.2, 0.25) is 0 Å². The average Bonchev–Trinajstić information content (AvgIpc) is 2.72. The first-order chi connectivity index (χ1) is 14.5. The Bertz CT molecular complexity index is 876. The minimum atomic E-state index is -1.26. The van der Waals surface area contributed by atoms with Gasteiger partial charge < -0.3 is 19.5 Å². The average molecular weight is 432 g/mol. The molecule has 0 saturated carbocycles. The third-order valence-electron chi connectivity index (χ3n) is 4.26. The molecule has 160 valence electrons. The molecule has 2 rings (SSSR count). The van der Waals surface area contributed by atoms with Crippen LogP contribution in [0.15, 0.2) is 34.9 Å². The summed E-state index contributed by atoms with van der Waals surface area (Å²) in [5, 5.41) is 12.7. The highest BCUT2D eigenvalue weighted by molar-refractivity contribution is 8.03. The predicted octanol–water partition coefficient (Wildman–Crippen LogP) is 2.51. The van der Waals surface area contributed by atoms with Crippen LogP contribution in [0.4, 0.5) is 0 Å². The van der Waals surface area contributed by atoms with Gasteiger partial charge in [-0.15, -0.1) is 0 Å². The number of hydrogen-bond acceptors (Lipinski definition) is 8. The van der Waals surface area contributed by atoms with Crippen molar-refractivity contribution < 1.29 is 28.6 Å². The molecule has 1 aliphatic heterocycles. The number of esters is 2. The monoisotopic (exact) mass is 432 g/mol. The van der Waals surface area contributed by atoms with E-state index < -0.39 is 29.7 Å². The van der Waals surface area contributed by atoms with Crippen LogP contribution in [0.5, 0.6) is 5.75 Å². The first-order valence-corrected chi connectivity index (χ1v) is 10.6. The van der Waals surface area contributed by atoms with E-state index in [2.05, 4.69) is 11.4 Å². The SMILES string of the molecule is CCOC(=O)CSC1=C(C#N)[C@H](c2ccccc2OCC)[C@@H](C(=O)OCC)C(=O)N1. The second-order valence-corrected chi connectivity index (χ2v) is 7.10. The van der Waals surface area contributed by atoms with E-state index in [9.17, 15) is 19.6 Å². The van der Waals surface area contributed by atoms with Crippen molar-refractivity contribution in [2.75, 3.05) is 25.6 Å². The molecule has 1 amide bonds. The van der Waals surface area contributed by atoms with E-state index in [1.807, 2.05) is 6.92 Å². The lowest BCUT2D eigenvalue weighted by Crippen LogP contribution is -2.44. The number of ether oxygens (including phenoxy) is 3. The Balaban J connectivity index is 2.56. The van der Waals surface area contributed by atoms with Crippen molar-refractivity contribution >= 4 is 29.6 Å². The van der Waals surface area contributed by atoms with Crippen LogP contribution in [-0.4, -0.2) is 43.4 Å². The van der Waals surface area contributed by atoms with Crippen LogP contribution in [0, 0.1) is 17.2 Å². The molecule has 1 aliphatic rings. The Labute approximate surface area is 179 Å². The molecule has 1 N–H and O–H groups in total. The Hall–Kier alpha value is -2.99. The maximum absolute atomic E-state index is 12.9. The number of allylic oxidation sites excluding steroid dienone is 1. The van der Waals surface area contributed by atoms with Crippen molar-refractivity contribution in [1.29, 1.82) is 5.26 Å². The first-order valence-electron chi connectivity index (χ1n) is 9.60. The molecule has 1 aromatic rings. The molecule has 0 radical (unpaired) electrons. The van der Waals surface area contributed by atoms with Crippen molar-refractivity contribution in [3.63, 3.8) is 0 Å². The van der Waals surface area contributed by atoms with Gasteiger partial charge in [0, 0.05) is 11.5 Å². The Kier molecular flexibility index (Phi) is 8.74. The molecule has 0 bridgehead atoms. The van der Waals surface area contributed by atoms with Crippen LogP contribution in [-0.2, 0) is 23.9 Å². The lowest BCUT2D eigenvalue weighted by atomic mass is 9.78. The van der Waals surface area contributed by atoms with Crippen LogP contribution in [0.25, 0.3) is 0 Å². The second-order valence-electron chi connectivity index (χ2n) is 6.12. The van der Waals surface area contributed by atoms with Gasteiger partial charge in [-0.3, -0.25) is 14.4 Å². The first kappa shape index (κ1) is 23.3. The fourth-order valence-corrected chi connectivity index (χ4v) is 3.97. The number of amides is 1. The van der Waals surface area contributed by atoms with Gasteiger partial charge in [-0.25, -0.2) is 0 Å². The summed E-state index contributed by atoms with van der Waals surface area (Å²) in [4.78, 5) is 37.3. The quantitative estimate of drug-likeness (QED) is 0.468. The largest absolute Gasteiger partial charge is 0.494 e. The van der Waals surface area contributed by atoms with Gasteiger partial charge in [-0.1, -0.05) is 30.0 Å². The van der Waals surface area contributed by atoms with E-state index in [-0.39, 0.29) is 29.6 Å². The van der Waals surface area contributed by atoms with Crippen molar-refractivity contribution in [3.05, 3.63) is 40.4 Å². The van der Waals surface area contributed by atoms with Crippen LogP contribution in [0.3, 0.4) is 0 Å². The normalized spacial score (nSPS) is 18.3. The molecule has 0 aliphatic carbocycles. The van der Waals surface area contributed by atoms with Crippen LogP contribution >= 0.6 is 11.8 Å². The number of benzene rings is 1. The van der Waals surface area contributed by atoms with E-state index >= 15 is 0 Å². The van der Waals surface area contributed by atoms with Crippen molar-refractivity contribution in [3.8, 4) is 11.8 Å². The Morgan fingerprint density at radius 2 is 1.83 bits per heavy atom. The van der Waals surface area contributed by atoms with E-state index in [0.29, 0.717) is 17.9 Å². The van der Waals surface area contributed by atoms with Gasteiger partial charge in [-0.05, 0) is 26.8 Å². The third kappa shape index (κ3) is 5.33. The molecular formula is C21H24N2O6S. The van der Waals surface area contributed by atoms with E-state index in [4.69, 9.17) is 14.2 Å². The zero-order valence-electron chi connectivity index (χ0n) is 17.1. The van der Waals surface area contributed by atoms with Gasteiger partial charge in [0.05, 0.1) is 42.2 Å². The fraction of sp³-hybridized carbons (Fsp3) is 0.429. The highest BCUT2D eigenvalue weighted by atomic mass is 32.2. The van der Waals surface area contributed by atoms with Gasteiger partial charge >= 0.3 is 11.9 Å². The standard InChI is InChI=1S/C21H24N2O6S/c1-4-27-15-10-8-7-9-13(15)17-14(11-22)20(30-12-16(24)28-5-2)23-19(25)18(17)21(26)29-6-3/h7-10,17-18H,4-6,12H2,1-3H3,(H,23,25)/t17-,18+/m0/s1. The van der Waals surface area contributed by atoms with Crippen LogP contribution in [0.1, 0.15) is 32.3 Å². The number of thioether (sulfide) groups is 1. The fourth-order valence-electron chi connectivity index (χ4n) is 3.12. The maximum atomic E-state index is 12.9. The number of hydrogen-bond donors (Lipinski definition) is 1. The second kappa shape index (κ2) is 11.3.